The van der Waals surface area contributed by atoms with Crippen LogP contribution in [0.1, 0.15) is 5.56 Å². The van der Waals surface area contributed by atoms with Gasteiger partial charge in [0.1, 0.15) is 5.75 Å². The van der Waals surface area contributed by atoms with Gasteiger partial charge in [-0.3, -0.25) is 14.9 Å². The molecule has 2 aromatic carbocycles. The maximum Gasteiger partial charge on any atom is 0.434 e. The van der Waals surface area contributed by atoms with E-state index in [0.717, 1.165) is 0 Å². The molecule has 0 saturated carbocycles. The van der Waals surface area contributed by atoms with Crippen LogP contribution in [0.15, 0.2) is 48.5 Å². The van der Waals surface area contributed by atoms with Gasteiger partial charge in [-0.1, -0.05) is 29.8 Å². The van der Waals surface area contributed by atoms with Crippen molar-refractivity contribution < 1.29 is 14.5 Å². The van der Waals surface area contributed by atoms with E-state index in [0.29, 0.717) is 16.3 Å². The maximum atomic E-state index is 12.4. The van der Waals surface area contributed by atoms with Crippen molar-refractivity contribution >= 4 is 23.2 Å². The average molecular weight is 335 g/mol. The molecular formula is C16H15ClN2O4. The lowest BCUT2D eigenvalue weighted by Gasteiger charge is -2.19. The second-order valence-electron chi connectivity index (χ2n) is 4.90. The number of likely N-dealkylation sites (N-methyl/N-ethyl adjacent to an activating group) is 1. The molecule has 2 rings (SSSR count). The van der Waals surface area contributed by atoms with Crippen LogP contribution in [-0.4, -0.2) is 24.1 Å². The van der Waals surface area contributed by atoms with Gasteiger partial charge in [0.15, 0.2) is 0 Å². The molecule has 0 fully saturated rings. The topological polar surface area (TPSA) is 72.7 Å². The lowest BCUT2D eigenvalue weighted by molar-refractivity contribution is -0.545. The summed E-state index contributed by atoms with van der Waals surface area (Å²) in [5, 5.41) is 11.8. The average Bonchev–Trinajstić information content (AvgIpc) is 2.55. The predicted molar refractivity (Wildman–Crippen MR) is 87.5 cm³/mol. The highest BCUT2D eigenvalue weighted by Gasteiger charge is 2.35. The van der Waals surface area contributed by atoms with Gasteiger partial charge in [-0.15, -0.1) is 0 Å². The smallest absolute Gasteiger partial charge is 0.423 e. The predicted octanol–water partition coefficient (Wildman–Crippen LogP) is 3.29. The van der Waals surface area contributed by atoms with Crippen LogP contribution >= 0.6 is 11.6 Å². The first-order valence-corrected chi connectivity index (χ1v) is 7.17. The number of nitrogens with zero attached hydrogens (tertiary/aromatic N) is 2. The Kier molecular flexibility index (Phi) is 5.18. The summed E-state index contributed by atoms with van der Waals surface area (Å²) in [6.07, 6.45) is -1.83. The highest BCUT2D eigenvalue weighted by atomic mass is 35.5. The first-order chi connectivity index (χ1) is 10.9. The van der Waals surface area contributed by atoms with Crippen LogP contribution in [0.5, 0.6) is 5.75 Å². The number of aryl methyl sites for hydroxylation is 1. The van der Waals surface area contributed by atoms with Crippen LogP contribution in [0.4, 0.5) is 5.69 Å². The highest BCUT2D eigenvalue weighted by molar-refractivity contribution is 6.31. The fourth-order valence-corrected chi connectivity index (χ4v) is 2.07. The number of para-hydroxylation sites is 1. The summed E-state index contributed by atoms with van der Waals surface area (Å²) in [6.45, 7) is 1.74. The van der Waals surface area contributed by atoms with Crippen LogP contribution in [0.3, 0.4) is 0 Å². The van der Waals surface area contributed by atoms with Crippen molar-refractivity contribution in [3.05, 3.63) is 69.2 Å². The molecule has 0 spiro atoms. The Labute approximate surface area is 138 Å². The molecule has 2 aromatic rings. The molecule has 0 aliphatic carbocycles. The Morgan fingerprint density at radius 3 is 2.48 bits per heavy atom. The normalized spacial score (nSPS) is 11.6. The van der Waals surface area contributed by atoms with Crippen molar-refractivity contribution in [2.75, 3.05) is 11.9 Å². The van der Waals surface area contributed by atoms with Crippen LogP contribution in [0, 0.1) is 17.0 Å². The lowest BCUT2D eigenvalue weighted by atomic mass is 10.2. The number of hydrogen-bond acceptors (Lipinski definition) is 4. The number of nitro groups is 1. The van der Waals surface area contributed by atoms with E-state index in [1.807, 2.05) is 0 Å². The molecule has 0 heterocycles. The Balaban J connectivity index is 2.22. The molecular weight excluding hydrogens is 320 g/mol. The van der Waals surface area contributed by atoms with Gasteiger partial charge in [-0.2, -0.15) is 0 Å². The minimum Gasteiger partial charge on any atom is -0.423 e. The quantitative estimate of drug-likeness (QED) is 0.478. The van der Waals surface area contributed by atoms with Gasteiger partial charge in [-0.25, -0.2) is 0 Å². The molecule has 1 unspecified atom stereocenters. The van der Waals surface area contributed by atoms with Crippen LogP contribution < -0.4 is 9.64 Å². The minimum atomic E-state index is -1.83. The van der Waals surface area contributed by atoms with Gasteiger partial charge >= 0.3 is 12.1 Å². The molecule has 0 saturated heterocycles. The Bertz CT molecular complexity index is 721. The summed E-state index contributed by atoms with van der Waals surface area (Å²) >= 11 is 5.91. The van der Waals surface area contributed by atoms with E-state index in [9.17, 15) is 14.9 Å². The molecule has 0 aliphatic heterocycles. The molecule has 6 nitrogen and oxygen atoms in total. The fourth-order valence-electron chi connectivity index (χ4n) is 1.95. The number of halogens is 1. The number of hydrogen-bond donors (Lipinski definition) is 0. The zero-order chi connectivity index (χ0) is 17.0. The second kappa shape index (κ2) is 7.11. The van der Waals surface area contributed by atoms with E-state index < -0.39 is 17.1 Å². The lowest BCUT2D eigenvalue weighted by Crippen LogP contribution is -2.44. The van der Waals surface area contributed by atoms with E-state index in [-0.39, 0.29) is 5.75 Å². The summed E-state index contributed by atoms with van der Waals surface area (Å²) in [5.41, 5.74) is 1.25. The van der Waals surface area contributed by atoms with Crippen LogP contribution in [-0.2, 0) is 4.79 Å². The third-order valence-electron chi connectivity index (χ3n) is 3.25. The zero-order valence-corrected chi connectivity index (χ0v) is 13.4. The van der Waals surface area contributed by atoms with E-state index in [1.54, 1.807) is 49.4 Å². The number of carbonyl (C=O) groups is 1. The first-order valence-electron chi connectivity index (χ1n) is 6.79. The van der Waals surface area contributed by atoms with Crippen molar-refractivity contribution in [1.82, 2.24) is 0 Å². The van der Waals surface area contributed by atoms with Crippen LogP contribution in [0.2, 0.25) is 5.02 Å². The number of ether oxygens (including phenoxy) is 1. The van der Waals surface area contributed by atoms with E-state index in [1.165, 1.54) is 18.0 Å². The molecule has 0 aliphatic rings. The number of anilines is 1. The summed E-state index contributed by atoms with van der Waals surface area (Å²) in [7, 11) is 1.46. The molecule has 0 aromatic heterocycles. The number of benzene rings is 2. The summed E-state index contributed by atoms with van der Waals surface area (Å²) < 4.78 is 5.27. The van der Waals surface area contributed by atoms with Crippen LogP contribution in [0.25, 0.3) is 0 Å². The van der Waals surface area contributed by atoms with Gasteiger partial charge in [0.05, 0.1) is 4.92 Å². The largest absolute Gasteiger partial charge is 0.434 e. The Hall–Kier alpha value is -2.60. The van der Waals surface area contributed by atoms with Crippen molar-refractivity contribution in [1.29, 1.82) is 0 Å². The second-order valence-corrected chi connectivity index (χ2v) is 5.31. The SMILES string of the molecule is Cc1cc(OC(C(=O)N(C)c2ccccc2)[N+](=O)[O-])ccc1Cl. The summed E-state index contributed by atoms with van der Waals surface area (Å²) in [6, 6.07) is 13.2. The van der Waals surface area contributed by atoms with Crippen molar-refractivity contribution in [2.24, 2.45) is 0 Å². The number of amides is 1. The van der Waals surface area contributed by atoms with Crippen molar-refractivity contribution in [2.45, 2.75) is 13.2 Å². The fraction of sp³-hybridized carbons (Fsp3) is 0.188. The third-order valence-corrected chi connectivity index (χ3v) is 3.68. The highest BCUT2D eigenvalue weighted by Crippen LogP contribution is 2.23. The summed E-state index contributed by atoms with van der Waals surface area (Å²) in [4.78, 5) is 24.0. The Morgan fingerprint density at radius 1 is 1.26 bits per heavy atom. The zero-order valence-electron chi connectivity index (χ0n) is 12.6. The first kappa shape index (κ1) is 16.8. The molecule has 0 radical (unpaired) electrons. The molecule has 1 amide bonds. The van der Waals surface area contributed by atoms with E-state index in [4.69, 9.17) is 16.3 Å². The van der Waals surface area contributed by atoms with Gasteiger partial charge < -0.3 is 9.64 Å². The molecule has 0 N–H and O–H groups in total. The number of rotatable bonds is 5. The third kappa shape index (κ3) is 3.98. The van der Waals surface area contributed by atoms with Gasteiger partial charge in [0.2, 0.25) is 0 Å². The van der Waals surface area contributed by atoms with Crippen molar-refractivity contribution in [3.8, 4) is 5.75 Å². The molecule has 0 bridgehead atoms. The molecule has 120 valence electrons. The summed E-state index contributed by atoms with van der Waals surface area (Å²) in [5.74, 6) is -0.558. The van der Waals surface area contributed by atoms with E-state index in [2.05, 4.69) is 0 Å². The molecule has 23 heavy (non-hydrogen) atoms. The maximum absolute atomic E-state index is 12.4. The standard InChI is InChI=1S/C16H15ClN2O4/c1-11-10-13(8-9-14(11)17)23-16(19(21)22)15(20)18(2)12-6-4-3-5-7-12/h3-10,16H,1-2H3. The van der Waals surface area contributed by atoms with Gasteiger partial charge in [0, 0.05) is 17.8 Å². The van der Waals surface area contributed by atoms with E-state index >= 15 is 0 Å². The minimum absolute atomic E-state index is 0.211. The van der Waals surface area contributed by atoms with Gasteiger partial charge in [0.25, 0.3) is 0 Å². The Morgan fingerprint density at radius 2 is 1.91 bits per heavy atom. The molecule has 1 atom stereocenters. The van der Waals surface area contributed by atoms with Crippen molar-refractivity contribution in [3.63, 3.8) is 0 Å². The van der Waals surface area contributed by atoms with Gasteiger partial charge in [-0.05, 0) is 42.8 Å². The number of carbonyl (C=O) groups excluding carboxylic acids is 1. The molecule has 7 heteroatoms. The monoisotopic (exact) mass is 334 g/mol.